The van der Waals surface area contributed by atoms with Crippen molar-refractivity contribution in [3.05, 3.63) is 36.3 Å². The number of pyridine rings is 1. The van der Waals surface area contributed by atoms with Crippen molar-refractivity contribution in [2.45, 2.75) is 34.1 Å². The predicted octanol–water partition coefficient (Wildman–Crippen LogP) is 3.66. The molecular weight excluding hydrogens is 327 g/mol. The molecule has 0 fully saturated rings. The molecule has 0 aliphatic carbocycles. The maximum absolute atomic E-state index is 13.3. The van der Waals surface area contributed by atoms with E-state index in [1.807, 2.05) is 34.0 Å². The van der Waals surface area contributed by atoms with Crippen LogP contribution in [0.1, 0.15) is 33.0 Å². The van der Waals surface area contributed by atoms with Crippen molar-refractivity contribution in [3.8, 4) is 11.3 Å². The van der Waals surface area contributed by atoms with Crippen molar-refractivity contribution in [2.75, 3.05) is 23.6 Å². The van der Waals surface area contributed by atoms with Gasteiger partial charge in [-0.3, -0.25) is 9.78 Å². The topological polar surface area (TPSA) is 51.0 Å². The monoisotopic (exact) mass is 352 g/mol. The van der Waals surface area contributed by atoms with Crippen LogP contribution >= 0.6 is 11.8 Å². The van der Waals surface area contributed by atoms with Crippen molar-refractivity contribution in [2.24, 2.45) is 0 Å². The third-order valence-corrected chi connectivity index (χ3v) is 3.84. The van der Waals surface area contributed by atoms with Gasteiger partial charge in [-0.1, -0.05) is 13.8 Å². The van der Waals surface area contributed by atoms with Gasteiger partial charge in [-0.15, -0.1) is 0 Å². The van der Waals surface area contributed by atoms with Crippen LogP contribution in [0.3, 0.4) is 0 Å². The Morgan fingerprint density at radius 3 is 2.67 bits per heavy atom. The second-order valence-corrected chi connectivity index (χ2v) is 5.75. The Hall–Kier alpha value is -1.89. The highest BCUT2D eigenvalue weighted by Gasteiger charge is 2.17. The summed E-state index contributed by atoms with van der Waals surface area (Å²) in [6.07, 6.45) is 6.90. The normalized spacial score (nSPS) is 10.1. The predicted molar refractivity (Wildman–Crippen MR) is 98.3 cm³/mol. The molecule has 5 nitrogen and oxygen atoms in total. The summed E-state index contributed by atoms with van der Waals surface area (Å²) in [6, 6.07) is 1.38. The van der Waals surface area contributed by atoms with Crippen LogP contribution < -0.4 is 5.01 Å². The van der Waals surface area contributed by atoms with Crippen molar-refractivity contribution in [1.29, 1.82) is 0 Å². The number of hydrogen-bond donors (Lipinski definition) is 0. The van der Waals surface area contributed by atoms with E-state index in [2.05, 4.69) is 9.97 Å². The van der Waals surface area contributed by atoms with Crippen LogP contribution in [-0.2, 0) is 4.79 Å². The van der Waals surface area contributed by atoms with Gasteiger partial charge in [-0.25, -0.2) is 19.1 Å². The average Bonchev–Trinajstić information content (AvgIpc) is 2.97. The lowest BCUT2D eigenvalue weighted by Gasteiger charge is -2.22. The van der Waals surface area contributed by atoms with Gasteiger partial charge in [0.05, 0.1) is 18.1 Å². The highest BCUT2D eigenvalue weighted by molar-refractivity contribution is 7.98. The minimum Gasteiger partial charge on any atom is -0.273 e. The van der Waals surface area contributed by atoms with Crippen molar-refractivity contribution in [3.63, 3.8) is 0 Å². The number of halogens is 1. The summed E-state index contributed by atoms with van der Waals surface area (Å²) in [6.45, 7) is 8.28. The number of imidazole rings is 1. The first kappa shape index (κ1) is 20.2. The second kappa shape index (κ2) is 10.1. The summed E-state index contributed by atoms with van der Waals surface area (Å²) < 4.78 is 15.0. The highest BCUT2D eigenvalue weighted by Crippen LogP contribution is 2.19. The molecular formula is C17H25FN4OS. The molecule has 0 saturated carbocycles. The summed E-state index contributed by atoms with van der Waals surface area (Å²) in [4.78, 5) is 20.5. The van der Waals surface area contributed by atoms with Gasteiger partial charge in [0, 0.05) is 30.5 Å². The maximum Gasteiger partial charge on any atom is 0.242 e. The van der Waals surface area contributed by atoms with Gasteiger partial charge in [0.15, 0.2) is 0 Å². The molecule has 0 spiro atoms. The van der Waals surface area contributed by atoms with Crippen LogP contribution in [0, 0.1) is 12.7 Å². The molecule has 2 heterocycles. The first-order chi connectivity index (χ1) is 11.6. The Kier molecular flexibility index (Phi) is 8.46. The van der Waals surface area contributed by atoms with E-state index < -0.39 is 5.82 Å². The van der Waals surface area contributed by atoms with Crippen LogP contribution in [0.4, 0.5) is 4.39 Å². The Balaban J connectivity index is 0.00000139. The zero-order chi connectivity index (χ0) is 18.1. The minimum atomic E-state index is -0.409. The Bertz CT molecular complexity index is 660. The molecule has 0 atom stereocenters. The lowest BCUT2D eigenvalue weighted by molar-refractivity contribution is -0.119. The van der Waals surface area contributed by atoms with Gasteiger partial charge in [0.1, 0.15) is 11.6 Å². The molecule has 2 aromatic rings. The number of amides is 1. The van der Waals surface area contributed by atoms with E-state index in [0.717, 1.165) is 11.9 Å². The van der Waals surface area contributed by atoms with E-state index in [1.54, 1.807) is 33.8 Å². The number of nitrogens with zero attached hydrogens (tertiary/aromatic N) is 4. The van der Waals surface area contributed by atoms with Crippen molar-refractivity contribution >= 4 is 17.7 Å². The van der Waals surface area contributed by atoms with E-state index >= 15 is 0 Å². The average molecular weight is 352 g/mol. The van der Waals surface area contributed by atoms with Gasteiger partial charge in [-0.2, -0.15) is 11.8 Å². The van der Waals surface area contributed by atoms with E-state index in [-0.39, 0.29) is 5.91 Å². The molecule has 24 heavy (non-hydrogen) atoms. The van der Waals surface area contributed by atoms with Gasteiger partial charge in [-0.05, 0) is 26.2 Å². The van der Waals surface area contributed by atoms with Crippen LogP contribution in [0.25, 0.3) is 11.3 Å². The number of thioether (sulfide) groups is 1. The first-order valence-electron chi connectivity index (χ1n) is 8.03. The van der Waals surface area contributed by atoms with Gasteiger partial charge < -0.3 is 0 Å². The molecule has 2 rings (SSSR count). The Morgan fingerprint density at radius 1 is 1.38 bits per heavy atom. The molecule has 1 amide bonds. The molecule has 0 aliphatic rings. The van der Waals surface area contributed by atoms with Gasteiger partial charge in [0.2, 0.25) is 5.91 Å². The number of carbonyl (C=O) groups is 1. The zero-order valence-electron chi connectivity index (χ0n) is 14.9. The maximum atomic E-state index is 13.3. The molecule has 2 aromatic heterocycles. The largest absolute Gasteiger partial charge is 0.273 e. The van der Waals surface area contributed by atoms with E-state index in [1.165, 1.54) is 6.07 Å². The summed E-state index contributed by atoms with van der Waals surface area (Å²) in [5.74, 6) is 1.09. The SMILES string of the molecule is CC.CCN(C(=O)CCSC)n1cc(-c2cncc(F)c2)nc1C. The fourth-order valence-corrected chi connectivity index (χ4v) is 2.55. The van der Waals surface area contributed by atoms with Crippen LogP contribution in [0.5, 0.6) is 0 Å². The number of carbonyl (C=O) groups excluding carboxylic acids is 1. The summed E-state index contributed by atoms with van der Waals surface area (Å²) in [7, 11) is 0. The smallest absolute Gasteiger partial charge is 0.242 e. The lowest BCUT2D eigenvalue weighted by Crippen LogP contribution is -2.40. The van der Waals surface area contributed by atoms with E-state index in [4.69, 9.17) is 0 Å². The summed E-state index contributed by atoms with van der Waals surface area (Å²) in [5.41, 5.74) is 1.19. The zero-order valence-corrected chi connectivity index (χ0v) is 15.7. The van der Waals surface area contributed by atoms with E-state index in [9.17, 15) is 9.18 Å². The number of hydrogen-bond acceptors (Lipinski definition) is 4. The highest BCUT2D eigenvalue weighted by atomic mass is 32.2. The standard InChI is InChI=1S/C15H19FN4OS.C2H6/c1-4-19(15(21)5-6-22-3)20-10-14(18-11(20)2)12-7-13(16)9-17-8-12;1-2/h7-10H,4-6H2,1-3H3;1-2H3. The van der Waals surface area contributed by atoms with Crippen molar-refractivity contribution in [1.82, 2.24) is 14.6 Å². The number of aromatic nitrogens is 3. The lowest BCUT2D eigenvalue weighted by atomic mass is 10.2. The third kappa shape index (κ3) is 5.06. The molecule has 0 aromatic carbocycles. The molecule has 132 valence electrons. The quantitative estimate of drug-likeness (QED) is 0.796. The van der Waals surface area contributed by atoms with E-state index in [0.29, 0.717) is 30.0 Å². The fourth-order valence-electron chi connectivity index (χ4n) is 2.17. The fraction of sp³-hybridized carbons (Fsp3) is 0.471. The van der Waals surface area contributed by atoms with Gasteiger partial charge >= 0.3 is 0 Å². The molecule has 7 heteroatoms. The van der Waals surface area contributed by atoms with Crippen LogP contribution in [-0.4, -0.2) is 39.1 Å². The molecule has 0 radical (unpaired) electrons. The molecule has 0 saturated heterocycles. The second-order valence-electron chi connectivity index (χ2n) is 4.76. The Morgan fingerprint density at radius 2 is 2.08 bits per heavy atom. The molecule has 0 aliphatic heterocycles. The van der Waals surface area contributed by atoms with Crippen molar-refractivity contribution < 1.29 is 9.18 Å². The van der Waals surface area contributed by atoms with Gasteiger partial charge in [0.25, 0.3) is 0 Å². The first-order valence-corrected chi connectivity index (χ1v) is 9.42. The Labute approximate surface area is 147 Å². The number of aryl methyl sites for hydroxylation is 1. The minimum absolute atomic E-state index is 0.0428. The third-order valence-electron chi connectivity index (χ3n) is 3.23. The van der Waals surface area contributed by atoms with Crippen LogP contribution in [0.2, 0.25) is 0 Å². The summed E-state index contributed by atoms with van der Waals surface area (Å²) >= 11 is 1.64. The number of rotatable bonds is 6. The molecule has 0 N–H and O–H groups in total. The molecule has 0 unspecified atom stereocenters. The summed E-state index contributed by atoms with van der Waals surface area (Å²) in [5, 5.41) is 1.65. The molecule has 0 bridgehead atoms. The van der Waals surface area contributed by atoms with Crippen LogP contribution in [0.15, 0.2) is 24.7 Å².